The second kappa shape index (κ2) is 4.57. The topological polar surface area (TPSA) is 44.5 Å². The van der Waals surface area contributed by atoms with Crippen LogP contribution < -0.4 is 15.2 Å². The lowest BCUT2D eigenvalue weighted by Crippen LogP contribution is -2.16. The lowest BCUT2D eigenvalue weighted by molar-refractivity contribution is 0.171. The van der Waals surface area contributed by atoms with E-state index in [1.807, 2.05) is 6.07 Å². The lowest BCUT2D eigenvalue weighted by Gasteiger charge is -2.22. The lowest BCUT2D eigenvalue weighted by atomic mass is 9.91. The maximum atomic E-state index is 5.71. The molecular weight excluding hydrogens is 214 g/mol. The van der Waals surface area contributed by atoms with Crippen molar-refractivity contribution in [1.29, 1.82) is 0 Å². The summed E-state index contributed by atoms with van der Waals surface area (Å²) in [5.74, 6) is 3.22. The highest BCUT2D eigenvalue weighted by atomic mass is 16.6. The highest BCUT2D eigenvalue weighted by Crippen LogP contribution is 2.46. The van der Waals surface area contributed by atoms with E-state index in [4.69, 9.17) is 15.2 Å². The average molecular weight is 233 g/mol. The zero-order valence-electron chi connectivity index (χ0n) is 10.0. The van der Waals surface area contributed by atoms with Gasteiger partial charge in [-0.25, -0.2) is 0 Å². The van der Waals surface area contributed by atoms with E-state index in [9.17, 15) is 0 Å². The fourth-order valence-corrected chi connectivity index (χ4v) is 2.64. The number of nitrogens with two attached hydrogens (primary N) is 1. The van der Waals surface area contributed by atoms with E-state index in [1.54, 1.807) is 0 Å². The smallest absolute Gasteiger partial charge is 0.161 e. The Morgan fingerprint density at radius 3 is 2.65 bits per heavy atom. The quantitative estimate of drug-likeness (QED) is 0.867. The summed E-state index contributed by atoms with van der Waals surface area (Å²) in [7, 11) is 0. The minimum absolute atomic E-state index is 0.607. The highest BCUT2D eigenvalue weighted by molar-refractivity contribution is 5.45. The van der Waals surface area contributed by atoms with Crippen molar-refractivity contribution in [2.45, 2.75) is 25.2 Å². The number of fused-ring (bicyclic) bond motifs is 1. The van der Waals surface area contributed by atoms with Gasteiger partial charge in [0.1, 0.15) is 13.2 Å². The molecule has 17 heavy (non-hydrogen) atoms. The predicted octanol–water partition coefficient (Wildman–Crippen LogP) is 2.30. The molecule has 0 spiro atoms. The molecule has 2 N–H and O–H groups in total. The summed E-state index contributed by atoms with van der Waals surface area (Å²) in [6.07, 6.45) is 3.77. The third-order valence-corrected chi connectivity index (χ3v) is 3.66. The molecule has 3 rings (SSSR count). The largest absolute Gasteiger partial charge is 0.486 e. The molecule has 3 nitrogen and oxygen atoms in total. The first kappa shape index (κ1) is 10.9. The summed E-state index contributed by atoms with van der Waals surface area (Å²) in [5.41, 5.74) is 7.08. The van der Waals surface area contributed by atoms with Gasteiger partial charge >= 0.3 is 0 Å². The van der Waals surface area contributed by atoms with Crippen LogP contribution in [0.25, 0.3) is 0 Å². The Kier molecular flexibility index (Phi) is 2.93. The summed E-state index contributed by atoms with van der Waals surface area (Å²) in [6, 6.07) is 6.36. The molecule has 0 saturated heterocycles. The van der Waals surface area contributed by atoms with E-state index in [1.165, 1.54) is 18.4 Å². The molecule has 1 aliphatic heterocycles. The maximum absolute atomic E-state index is 5.71. The number of hydrogen-bond acceptors (Lipinski definition) is 3. The number of ether oxygens (including phenoxy) is 2. The fourth-order valence-electron chi connectivity index (χ4n) is 2.64. The van der Waals surface area contributed by atoms with Crippen molar-refractivity contribution in [3.05, 3.63) is 23.8 Å². The van der Waals surface area contributed by atoms with Gasteiger partial charge in [0.05, 0.1) is 0 Å². The van der Waals surface area contributed by atoms with Crippen LogP contribution in [0.4, 0.5) is 0 Å². The van der Waals surface area contributed by atoms with Crippen LogP contribution in [0, 0.1) is 5.92 Å². The van der Waals surface area contributed by atoms with Gasteiger partial charge in [0.25, 0.3) is 0 Å². The van der Waals surface area contributed by atoms with Crippen molar-refractivity contribution in [2.75, 3.05) is 19.8 Å². The van der Waals surface area contributed by atoms with E-state index >= 15 is 0 Å². The molecule has 1 fully saturated rings. The Morgan fingerprint density at radius 2 is 1.94 bits per heavy atom. The van der Waals surface area contributed by atoms with Crippen LogP contribution >= 0.6 is 0 Å². The molecular formula is C14H19NO2. The molecule has 0 radical (unpaired) electrons. The third-order valence-electron chi connectivity index (χ3n) is 3.66. The fraction of sp³-hybridized carbons (Fsp3) is 0.571. The number of hydrogen-bond donors (Lipinski definition) is 1. The van der Waals surface area contributed by atoms with Crippen LogP contribution in [0.1, 0.15) is 30.7 Å². The first-order valence-electron chi connectivity index (χ1n) is 6.48. The molecule has 0 aromatic heterocycles. The molecule has 1 heterocycles. The van der Waals surface area contributed by atoms with Gasteiger partial charge in [-0.3, -0.25) is 0 Å². The molecule has 0 amide bonds. The molecule has 0 bridgehead atoms. The molecule has 92 valence electrons. The van der Waals surface area contributed by atoms with Crippen molar-refractivity contribution in [1.82, 2.24) is 0 Å². The van der Waals surface area contributed by atoms with Gasteiger partial charge in [-0.1, -0.05) is 6.07 Å². The van der Waals surface area contributed by atoms with Crippen LogP contribution in [-0.4, -0.2) is 19.8 Å². The van der Waals surface area contributed by atoms with Crippen molar-refractivity contribution in [2.24, 2.45) is 11.7 Å². The van der Waals surface area contributed by atoms with Gasteiger partial charge in [0.15, 0.2) is 11.5 Å². The number of rotatable bonds is 4. The van der Waals surface area contributed by atoms with Crippen LogP contribution in [-0.2, 0) is 0 Å². The standard InChI is InChI=1S/C14H19NO2/c15-6-5-12(10-1-2-10)11-3-4-13-14(9-11)17-8-7-16-13/h3-4,9-10,12H,1-2,5-8,15H2. The second-order valence-electron chi connectivity index (χ2n) is 4.92. The average Bonchev–Trinajstić information content (AvgIpc) is 3.20. The van der Waals surface area contributed by atoms with Crippen molar-refractivity contribution in [3.63, 3.8) is 0 Å². The van der Waals surface area contributed by atoms with E-state index < -0.39 is 0 Å². The van der Waals surface area contributed by atoms with Gasteiger partial charge in [0.2, 0.25) is 0 Å². The summed E-state index contributed by atoms with van der Waals surface area (Å²) in [6.45, 7) is 2.07. The zero-order chi connectivity index (χ0) is 11.7. The maximum Gasteiger partial charge on any atom is 0.161 e. The second-order valence-corrected chi connectivity index (χ2v) is 4.92. The van der Waals surface area contributed by atoms with Gasteiger partial charge in [-0.2, -0.15) is 0 Å². The van der Waals surface area contributed by atoms with E-state index in [-0.39, 0.29) is 0 Å². The predicted molar refractivity (Wildman–Crippen MR) is 66.6 cm³/mol. The van der Waals surface area contributed by atoms with E-state index in [0.29, 0.717) is 19.1 Å². The number of benzene rings is 1. The molecule has 1 atom stereocenters. The highest BCUT2D eigenvalue weighted by Gasteiger charge is 2.32. The summed E-state index contributed by atoms with van der Waals surface area (Å²) >= 11 is 0. The minimum Gasteiger partial charge on any atom is -0.486 e. The Labute approximate surface area is 102 Å². The van der Waals surface area contributed by atoms with Crippen LogP contribution in [0.5, 0.6) is 11.5 Å². The normalized spacial score (nSPS) is 20.1. The zero-order valence-corrected chi connectivity index (χ0v) is 10.0. The van der Waals surface area contributed by atoms with Crippen molar-refractivity contribution in [3.8, 4) is 11.5 Å². The van der Waals surface area contributed by atoms with E-state index in [0.717, 1.165) is 30.4 Å². The first-order valence-corrected chi connectivity index (χ1v) is 6.48. The van der Waals surface area contributed by atoms with Crippen molar-refractivity contribution < 1.29 is 9.47 Å². The summed E-state index contributed by atoms with van der Waals surface area (Å²) < 4.78 is 11.2. The summed E-state index contributed by atoms with van der Waals surface area (Å²) in [4.78, 5) is 0. The Bertz CT molecular complexity index is 401. The Hall–Kier alpha value is -1.22. The molecule has 1 aliphatic carbocycles. The van der Waals surface area contributed by atoms with Gasteiger partial charge in [-0.05, 0) is 55.3 Å². The molecule has 1 saturated carbocycles. The Balaban J connectivity index is 1.85. The molecule has 1 aromatic rings. The van der Waals surface area contributed by atoms with Gasteiger partial charge in [0, 0.05) is 0 Å². The monoisotopic (exact) mass is 233 g/mol. The van der Waals surface area contributed by atoms with Crippen LogP contribution in [0.15, 0.2) is 18.2 Å². The minimum atomic E-state index is 0.607. The SMILES string of the molecule is NCCC(c1ccc2c(c1)OCCO2)C1CC1. The molecule has 3 heteroatoms. The first-order chi connectivity index (χ1) is 8.38. The molecule has 2 aliphatic rings. The molecule has 1 aromatic carbocycles. The summed E-state index contributed by atoms with van der Waals surface area (Å²) in [5, 5.41) is 0. The van der Waals surface area contributed by atoms with Gasteiger partial charge in [-0.15, -0.1) is 0 Å². The molecule has 1 unspecified atom stereocenters. The van der Waals surface area contributed by atoms with Gasteiger partial charge < -0.3 is 15.2 Å². The third kappa shape index (κ3) is 2.25. The Morgan fingerprint density at radius 1 is 1.18 bits per heavy atom. The van der Waals surface area contributed by atoms with E-state index in [2.05, 4.69) is 12.1 Å². The van der Waals surface area contributed by atoms with Crippen LogP contribution in [0.3, 0.4) is 0 Å². The van der Waals surface area contributed by atoms with Crippen LogP contribution in [0.2, 0.25) is 0 Å². The van der Waals surface area contributed by atoms with Crippen molar-refractivity contribution >= 4 is 0 Å².